The fourth-order valence-corrected chi connectivity index (χ4v) is 5.51. The standard InChI is InChI=1S/C36H71NO4/c1-3-5-7-9-11-13-15-16-17-18-19-20-22-24-26-28-30-35(40)34(32-38)37-36(41)31-33(39)29-27-25-23-21-14-12-10-8-6-4-2/h12,14,33-35,38-40H,3-11,13,15-32H2,1-2H3,(H,37,41)/b14-12-. The minimum absolute atomic E-state index is 0.0274. The van der Waals surface area contributed by atoms with E-state index in [0.717, 1.165) is 38.5 Å². The first-order valence-electron chi connectivity index (χ1n) is 18.0. The highest BCUT2D eigenvalue weighted by Gasteiger charge is 2.21. The van der Waals surface area contributed by atoms with Crippen LogP contribution in [0.3, 0.4) is 0 Å². The van der Waals surface area contributed by atoms with Crippen molar-refractivity contribution in [3.05, 3.63) is 12.2 Å². The van der Waals surface area contributed by atoms with Crippen molar-refractivity contribution in [3.8, 4) is 0 Å². The van der Waals surface area contributed by atoms with Crippen molar-refractivity contribution in [2.24, 2.45) is 0 Å². The number of nitrogens with one attached hydrogen (secondary N) is 1. The minimum Gasteiger partial charge on any atom is -0.394 e. The predicted octanol–water partition coefficient (Wildman–Crippen LogP) is 9.31. The number of hydrogen-bond donors (Lipinski definition) is 4. The summed E-state index contributed by atoms with van der Waals surface area (Å²) >= 11 is 0. The molecule has 0 aliphatic carbocycles. The molecule has 4 N–H and O–H groups in total. The van der Waals surface area contributed by atoms with Crippen LogP contribution in [0.1, 0.15) is 187 Å². The molecule has 0 radical (unpaired) electrons. The molecular formula is C36H71NO4. The molecule has 0 heterocycles. The van der Waals surface area contributed by atoms with Gasteiger partial charge in [-0.1, -0.05) is 154 Å². The molecule has 0 rings (SSSR count). The van der Waals surface area contributed by atoms with E-state index in [2.05, 4.69) is 31.3 Å². The molecule has 0 saturated heterocycles. The summed E-state index contributed by atoms with van der Waals surface area (Å²) in [6.45, 7) is 4.21. The van der Waals surface area contributed by atoms with Crippen LogP contribution in [0.2, 0.25) is 0 Å². The first-order chi connectivity index (χ1) is 20.0. The van der Waals surface area contributed by atoms with Crippen molar-refractivity contribution >= 4 is 5.91 Å². The Morgan fingerprint density at radius 2 is 0.976 bits per heavy atom. The summed E-state index contributed by atoms with van der Waals surface area (Å²) in [5.74, 6) is -0.294. The lowest BCUT2D eigenvalue weighted by Gasteiger charge is -2.23. The number of carbonyl (C=O) groups is 1. The van der Waals surface area contributed by atoms with Crippen LogP contribution in [0.15, 0.2) is 12.2 Å². The zero-order valence-electron chi connectivity index (χ0n) is 27.4. The van der Waals surface area contributed by atoms with Crippen LogP contribution >= 0.6 is 0 Å². The van der Waals surface area contributed by atoms with E-state index in [9.17, 15) is 20.1 Å². The Labute approximate surface area is 255 Å². The van der Waals surface area contributed by atoms with E-state index in [-0.39, 0.29) is 18.9 Å². The van der Waals surface area contributed by atoms with Crippen molar-refractivity contribution in [3.63, 3.8) is 0 Å². The number of rotatable bonds is 32. The van der Waals surface area contributed by atoms with Crippen LogP contribution in [-0.4, -0.2) is 46.1 Å². The van der Waals surface area contributed by atoms with E-state index in [1.807, 2.05) is 0 Å². The average Bonchev–Trinajstić information content (AvgIpc) is 2.96. The van der Waals surface area contributed by atoms with E-state index in [4.69, 9.17) is 0 Å². The monoisotopic (exact) mass is 582 g/mol. The van der Waals surface area contributed by atoms with Gasteiger partial charge in [0.1, 0.15) is 0 Å². The normalized spacial score (nSPS) is 14.0. The van der Waals surface area contributed by atoms with Crippen molar-refractivity contribution in [2.45, 2.75) is 205 Å². The molecule has 3 unspecified atom stereocenters. The zero-order valence-corrected chi connectivity index (χ0v) is 27.4. The molecule has 0 bridgehead atoms. The smallest absolute Gasteiger partial charge is 0.222 e. The number of carbonyl (C=O) groups excluding carboxylic acids is 1. The maximum atomic E-state index is 12.3. The van der Waals surface area contributed by atoms with Crippen LogP contribution in [0.5, 0.6) is 0 Å². The summed E-state index contributed by atoms with van der Waals surface area (Å²) in [5.41, 5.74) is 0. The Morgan fingerprint density at radius 3 is 1.46 bits per heavy atom. The van der Waals surface area contributed by atoms with Crippen LogP contribution < -0.4 is 5.32 Å². The minimum atomic E-state index is -0.747. The predicted molar refractivity (Wildman–Crippen MR) is 176 cm³/mol. The van der Waals surface area contributed by atoms with Gasteiger partial charge in [-0.15, -0.1) is 0 Å². The van der Waals surface area contributed by atoms with Gasteiger partial charge in [-0.3, -0.25) is 4.79 Å². The zero-order chi connectivity index (χ0) is 30.2. The van der Waals surface area contributed by atoms with Gasteiger partial charge >= 0.3 is 0 Å². The molecule has 5 nitrogen and oxygen atoms in total. The lowest BCUT2D eigenvalue weighted by atomic mass is 10.0. The largest absolute Gasteiger partial charge is 0.394 e. The third kappa shape index (κ3) is 29.0. The summed E-state index contributed by atoms with van der Waals surface area (Å²) in [6, 6.07) is -0.657. The molecule has 0 spiro atoms. The van der Waals surface area contributed by atoms with E-state index < -0.39 is 18.2 Å². The van der Waals surface area contributed by atoms with Crippen LogP contribution in [0.4, 0.5) is 0 Å². The first-order valence-corrected chi connectivity index (χ1v) is 18.0. The quantitative estimate of drug-likeness (QED) is 0.0471. The van der Waals surface area contributed by atoms with Crippen LogP contribution in [-0.2, 0) is 4.79 Å². The first kappa shape index (κ1) is 40.1. The number of amides is 1. The molecule has 0 fully saturated rings. The van der Waals surface area contributed by atoms with Gasteiger partial charge in [-0.2, -0.15) is 0 Å². The van der Waals surface area contributed by atoms with Gasteiger partial charge in [0.2, 0.25) is 5.91 Å². The van der Waals surface area contributed by atoms with E-state index in [1.165, 1.54) is 116 Å². The lowest BCUT2D eigenvalue weighted by Crippen LogP contribution is -2.46. The SMILES string of the molecule is CCCCC/C=C\CCCCCC(O)CC(=O)NC(CO)C(O)CCCCCCCCCCCCCCCCCC. The van der Waals surface area contributed by atoms with E-state index >= 15 is 0 Å². The van der Waals surface area contributed by atoms with Crippen molar-refractivity contribution in [1.29, 1.82) is 0 Å². The van der Waals surface area contributed by atoms with Crippen LogP contribution in [0, 0.1) is 0 Å². The molecule has 0 saturated carbocycles. The van der Waals surface area contributed by atoms with E-state index in [0.29, 0.717) is 12.8 Å². The van der Waals surface area contributed by atoms with Crippen LogP contribution in [0.25, 0.3) is 0 Å². The fraction of sp³-hybridized carbons (Fsp3) is 0.917. The molecule has 0 aliphatic heterocycles. The van der Waals surface area contributed by atoms with Gasteiger partial charge in [-0.25, -0.2) is 0 Å². The topological polar surface area (TPSA) is 89.8 Å². The Kier molecular flexibility index (Phi) is 31.3. The molecule has 1 amide bonds. The molecule has 0 aromatic rings. The summed E-state index contributed by atoms with van der Waals surface area (Å²) in [6.07, 6.45) is 34.5. The number of allylic oxidation sites excluding steroid dienone is 2. The molecule has 41 heavy (non-hydrogen) atoms. The Bertz CT molecular complexity index is 568. The molecule has 0 aromatic carbocycles. The highest BCUT2D eigenvalue weighted by atomic mass is 16.3. The highest BCUT2D eigenvalue weighted by molar-refractivity contribution is 5.76. The average molecular weight is 582 g/mol. The van der Waals surface area contributed by atoms with E-state index in [1.54, 1.807) is 0 Å². The maximum absolute atomic E-state index is 12.3. The third-order valence-corrected chi connectivity index (χ3v) is 8.33. The summed E-state index contributed by atoms with van der Waals surface area (Å²) < 4.78 is 0. The molecule has 3 atom stereocenters. The fourth-order valence-electron chi connectivity index (χ4n) is 5.51. The Morgan fingerprint density at radius 1 is 0.585 bits per heavy atom. The Balaban J connectivity index is 3.68. The maximum Gasteiger partial charge on any atom is 0.222 e. The van der Waals surface area contributed by atoms with Gasteiger partial charge in [0, 0.05) is 0 Å². The van der Waals surface area contributed by atoms with Gasteiger partial charge in [0.05, 0.1) is 31.3 Å². The number of aliphatic hydroxyl groups is 3. The molecule has 5 heteroatoms. The van der Waals surface area contributed by atoms with Crippen molar-refractivity contribution in [1.82, 2.24) is 5.32 Å². The lowest BCUT2D eigenvalue weighted by molar-refractivity contribution is -0.125. The molecule has 0 aromatic heterocycles. The van der Waals surface area contributed by atoms with Gasteiger partial charge < -0.3 is 20.6 Å². The number of aliphatic hydroxyl groups excluding tert-OH is 3. The molecular weight excluding hydrogens is 510 g/mol. The van der Waals surface area contributed by atoms with Crippen molar-refractivity contribution < 1.29 is 20.1 Å². The highest BCUT2D eigenvalue weighted by Crippen LogP contribution is 2.15. The van der Waals surface area contributed by atoms with Gasteiger partial charge in [0.25, 0.3) is 0 Å². The molecule has 0 aliphatic rings. The summed E-state index contributed by atoms with van der Waals surface area (Å²) in [5, 5.41) is 33.1. The second kappa shape index (κ2) is 32.0. The summed E-state index contributed by atoms with van der Waals surface area (Å²) in [4.78, 5) is 12.3. The van der Waals surface area contributed by atoms with Crippen molar-refractivity contribution in [2.75, 3.05) is 6.61 Å². The van der Waals surface area contributed by atoms with Gasteiger partial charge in [-0.05, 0) is 38.5 Å². The molecule has 244 valence electrons. The van der Waals surface area contributed by atoms with Gasteiger partial charge in [0.15, 0.2) is 0 Å². The summed E-state index contributed by atoms with van der Waals surface area (Å²) in [7, 11) is 0. The number of hydrogen-bond acceptors (Lipinski definition) is 4. The Hall–Kier alpha value is -0.910. The third-order valence-electron chi connectivity index (χ3n) is 8.33. The number of unbranched alkanes of at least 4 members (excludes halogenated alkanes) is 21. The second-order valence-corrected chi connectivity index (χ2v) is 12.5. The second-order valence-electron chi connectivity index (χ2n) is 12.5.